The van der Waals surface area contributed by atoms with Crippen LogP contribution in [0, 0.1) is 6.92 Å². The topological polar surface area (TPSA) is 33.1 Å². The van der Waals surface area contributed by atoms with Crippen LogP contribution < -0.4 is 5.32 Å². The molecule has 1 aromatic heterocycles. The number of anilines is 1. The largest absolute Gasteiger partial charge is 0.356 e. The summed E-state index contributed by atoms with van der Waals surface area (Å²) in [6, 6.07) is 0. The Labute approximate surface area is 117 Å². The molecule has 4 nitrogen and oxygen atoms in total. The molecule has 1 aliphatic heterocycles. The first-order valence-electron chi connectivity index (χ1n) is 7.79. The quantitative estimate of drug-likeness (QED) is 0.733. The molecule has 1 aromatic rings. The highest BCUT2D eigenvalue weighted by Crippen LogP contribution is 2.11. The molecule has 19 heavy (non-hydrogen) atoms. The molecule has 1 N–H and O–H groups in total. The SMILES string of the molecule is CCCCn1cc(C)nc1NCCCN1CCCC1. The molecule has 0 amide bonds. The van der Waals surface area contributed by atoms with E-state index in [-0.39, 0.29) is 0 Å². The maximum absolute atomic E-state index is 4.57. The normalized spacial score (nSPS) is 16.1. The molecule has 108 valence electrons. The fourth-order valence-corrected chi connectivity index (χ4v) is 2.70. The average Bonchev–Trinajstić information content (AvgIpc) is 3.02. The summed E-state index contributed by atoms with van der Waals surface area (Å²) in [4.78, 5) is 7.14. The van der Waals surface area contributed by atoms with Gasteiger partial charge in [-0.1, -0.05) is 13.3 Å². The Morgan fingerprint density at radius 1 is 1.21 bits per heavy atom. The van der Waals surface area contributed by atoms with Crippen molar-refractivity contribution in [2.75, 3.05) is 31.5 Å². The van der Waals surface area contributed by atoms with E-state index in [2.05, 4.69) is 39.8 Å². The van der Waals surface area contributed by atoms with E-state index in [0.29, 0.717) is 0 Å². The molecule has 1 aliphatic rings. The monoisotopic (exact) mass is 264 g/mol. The van der Waals surface area contributed by atoms with E-state index in [9.17, 15) is 0 Å². The molecule has 0 radical (unpaired) electrons. The van der Waals surface area contributed by atoms with Gasteiger partial charge in [0.1, 0.15) is 0 Å². The third-order valence-corrected chi connectivity index (χ3v) is 3.78. The van der Waals surface area contributed by atoms with Crippen LogP contribution in [0.1, 0.15) is 44.7 Å². The number of hydrogen-bond donors (Lipinski definition) is 1. The summed E-state index contributed by atoms with van der Waals surface area (Å²) in [5.74, 6) is 1.05. The zero-order valence-corrected chi connectivity index (χ0v) is 12.5. The third-order valence-electron chi connectivity index (χ3n) is 3.78. The van der Waals surface area contributed by atoms with Crippen molar-refractivity contribution in [1.29, 1.82) is 0 Å². The number of hydrogen-bond acceptors (Lipinski definition) is 3. The number of imidazole rings is 1. The molecular formula is C15H28N4. The molecule has 0 saturated carbocycles. The van der Waals surface area contributed by atoms with E-state index in [0.717, 1.165) is 24.7 Å². The van der Waals surface area contributed by atoms with Crippen LogP contribution in [0.15, 0.2) is 6.20 Å². The first-order valence-corrected chi connectivity index (χ1v) is 7.79. The highest BCUT2D eigenvalue weighted by Gasteiger charge is 2.10. The number of unbranched alkanes of at least 4 members (excludes halogenated alkanes) is 1. The predicted octanol–water partition coefficient (Wildman–Crippen LogP) is 2.89. The van der Waals surface area contributed by atoms with Crippen molar-refractivity contribution < 1.29 is 0 Å². The molecule has 1 fully saturated rings. The van der Waals surface area contributed by atoms with E-state index >= 15 is 0 Å². The molecule has 4 heteroatoms. The molecule has 0 spiro atoms. The van der Waals surface area contributed by atoms with Gasteiger partial charge in [0.25, 0.3) is 0 Å². The average molecular weight is 264 g/mol. The second kappa shape index (κ2) is 7.53. The summed E-state index contributed by atoms with van der Waals surface area (Å²) in [7, 11) is 0. The van der Waals surface area contributed by atoms with E-state index < -0.39 is 0 Å². The lowest BCUT2D eigenvalue weighted by Gasteiger charge is -2.15. The zero-order valence-electron chi connectivity index (χ0n) is 12.5. The second-order valence-corrected chi connectivity index (χ2v) is 5.58. The Hall–Kier alpha value is -1.03. The number of likely N-dealkylation sites (tertiary alicyclic amines) is 1. The van der Waals surface area contributed by atoms with Gasteiger partial charge in [-0.15, -0.1) is 0 Å². The molecule has 1 saturated heterocycles. The maximum Gasteiger partial charge on any atom is 0.203 e. The van der Waals surface area contributed by atoms with Gasteiger partial charge >= 0.3 is 0 Å². The summed E-state index contributed by atoms with van der Waals surface area (Å²) in [5.41, 5.74) is 1.11. The van der Waals surface area contributed by atoms with Gasteiger partial charge in [0.15, 0.2) is 0 Å². The highest BCUT2D eigenvalue weighted by molar-refractivity contribution is 5.28. The van der Waals surface area contributed by atoms with Gasteiger partial charge in [0.2, 0.25) is 5.95 Å². The van der Waals surface area contributed by atoms with Crippen LogP contribution in [0.2, 0.25) is 0 Å². The smallest absolute Gasteiger partial charge is 0.203 e. The van der Waals surface area contributed by atoms with Crippen molar-refractivity contribution in [2.45, 2.75) is 52.5 Å². The van der Waals surface area contributed by atoms with Crippen molar-refractivity contribution in [2.24, 2.45) is 0 Å². The van der Waals surface area contributed by atoms with Gasteiger partial charge < -0.3 is 14.8 Å². The number of aromatic nitrogens is 2. The Morgan fingerprint density at radius 3 is 2.74 bits per heavy atom. The van der Waals surface area contributed by atoms with Crippen LogP contribution >= 0.6 is 0 Å². The number of nitrogens with one attached hydrogen (secondary N) is 1. The van der Waals surface area contributed by atoms with Crippen LogP contribution in [0.25, 0.3) is 0 Å². The number of nitrogens with zero attached hydrogens (tertiary/aromatic N) is 3. The van der Waals surface area contributed by atoms with Crippen LogP contribution in [0.5, 0.6) is 0 Å². The van der Waals surface area contributed by atoms with Gasteiger partial charge in [-0.05, 0) is 52.2 Å². The molecule has 0 aromatic carbocycles. The summed E-state index contributed by atoms with van der Waals surface area (Å²) in [6.45, 7) is 10.2. The minimum absolute atomic E-state index is 1.03. The van der Waals surface area contributed by atoms with Gasteiger partial charge in [-0.3, -0.25) is 0 Å². The lowest BCUT2D eigenvalue weighted by Crippen LogP contribution is -2.22. The van der Waals surface area contributed by atoms with Gasteiger partial charge in [-0.25, -0.2) is 4.98 Å². The van der Waals surface area contributed by atoms with Gasteiger partial charge in [-0.2, -0.15) is 0 Å². The first kappa shape index (κ1) is 14.4. The van der Waals surface area contributed by atoms with Crippen LogP contribution in [0.3, 0.4) is 0 Å². The van der Waals surface area contributed by atoms with Crippen molar-refractivity contribution >= 4 is 5.95 Å². The van der Waals surface area contributed by atoms with E-state index in [1.165, 1.54) is 51.7 Å². The predicted molar refractivity (Wildman–Crippen MR) is 80.7 cm³/mol. The maximum atomic E-state index is 4.57. The Morgan fingerprint density at radius 2 is 2.00 bits per heavy atom. The molecular weight excluding hydrogens is 236 g/mol. The first-order chi connectivity index (χ1) is 9.29. The molecule has 2 heterocycles. The lowest BCUT2D eigenvalue weighted by atomic mass is 10.3. The zero-order chi connectivity index (χ0) is 13.5. The molecule has 2 rings (SSSR count). The summed E-state index contributed by atoms with van der Waals surface area (Å²) < 4.78 is 2.26. The molecule has 0 atom stereocenters. The fraction of sp³-hybridized carbons (Fsp3) is 0.800. The van der Waals surface area contributed by atoms with Crippen molar-refractivity contribution in [3.05, 3.63) is 11.9 Å². The van der Waals surface area contributed by atoms with Crippen LogP contribution in [-0.2, 0) is 6.54 Å². The van der Waals surface area contributed by atoms with Crippen LogP contribution in [-0.4, -0.2) is 40.6 Å². The summed E-state index contributed by atoms with van der Waals surface area (Å²) >= 11 is 0. The summed E-state index contributed by atoms with van der Waals surface area (Å²) in [5, 5.41) is 3.49. The van der Waals surface area contributed by atoms with E-state index in [1.54, 1.807) is 0 Å². The Kier molecular flexibility index (Phi) is 5.70. The summed E-state index contributed by atoms with van der Waals surface area (Å²) in [6.07, 6.45) is 8.57. The number of rotatable bonds is 8. The molecule has 0 unspecified atom stereocenters. The van der Waals surface area contributed by atoms with Crippen molar-refractivity contribution in [1.82, 2.24) is 14.5 Å². The van der Waals surface area contributed by atoms with E-state index in [1.807, 2.05) is 0 Å². The van der Waals surface area contributed by atoms with Crippen LogP contribution in [0.4, 0.5) is 5.95 Å². The van der Waals surface area contributed by atoms with Gasteiger partial charge in [0.05, 0.1) is 5.69 Å². The Bertz CT molecular complexity index is 366. The lowest BCUT2D eigenvalue weighted by molar-refractivity contribution is 0.337. The molecule has 0 bridgehead atoms. The minimum Gasteiger partial charge on any atom is -0.356 e. The fourth-order valence-electron chi connectivity index (χ4n) is 2.70. The third kappa shape index (κ3) is 4.53. The number of aryl methyl sites for hydroxylation is 2. The highest BCUT2D eigenvalue weighted by atomic mass is 15.2. The minimum atomic E-state index is 1.03. The van der Waals surface area contributed by atoms with Crippen molar-refractivity contribution in [3.63, 3.8) is 0 Å². The Balaban J connectivity index is 1.71. The standard InChI is InChI=1S/C15H28N4/c1-3-4-12-19-13-14(2)17-15(19)16-8-7-11-18-9-5-6-10-18/h13H,3-12H2,1-2H3,(H,16,17). The van der Waals surface area contributed by atoms with Crippen molar-refractivity contribution in [3.8, 4) is 0 Å². The molecule has 0 aliphatic carbocycles. The second-order valence-electron chi connectivity index (χ2n) is 5.58. The van der Waals surface area contributed by atoms with Gasteiger partial charge in [0, 0.05) is 19.3 Å². The van der Waals surface area contributed by atoms with E-state index in [4.69, 9.17) is 0 Å².